The van der Waals surface area contributed by atoms with Crippen molar-refractivity contribution in [3.63, 3.8) is 0 Å². The first kappa shape index (κ1) is 9.08. The first-order chi connectivity index (χ1) is 6.86. The Hall–Kier alpha value is -1.49. The van der Waals surface area contributed by atoms with E-state index in [0.29, 0.717) is 5.95 Å². The van der Waals surface area contributed by atoms with Gasteiger partial charge in [0.05, 0.1) is 6.04 Å². The van der Waals surface area contributed by atoms with Crippen LogP contribution in [0.4, 0.5) is 5.95 Å². The summed E-state index contributed by atoms with van der Waals surface area (Å²) in [7, 11) is 0. The van der Waals surface area contributed by atoms with Crippen molar-refractivity contribution in [2.24, 2.45) is 0 Å². The van der Waals surface area contributed by atoms with Gasteiger partial charge in [-0.05, 0) is 25.5 Å². The summed E-state index contributed by atoms with van der Waals surface area (Å²) in [5.74, 6) is 0.319. The van der Waals surface area contributed by atoms with E-state index < -0.39 is 0 Å². The van der Waals surface area contributed by atoms with Crippen molar-refractivity contribution in [2.75, 3.05) is 11.9 Å². The normalized spacial score (nSPS) is 20.7. The van der Waals surface area contributed by atoms with Gasteiger partial charge in [-0.15, -0.1) is 0 Å². The number of carbonyl (C=O) groups is 1. The van der Waals surface area contributed by atoms with Gasteiger partial charge >= 0.3 is 0 Å². The third-order valence-corrected chi connectivity index (χ3v) is 2.18. The lowest BCUT2D eigenvalue weighted by Gasteiger charge is -2.08. The molecule has 0 spiro atoms. The molecule has 5 heteroatoms. The molecule has 1 aromatic heterocycles. The fourth-order valence-electron chi connectivity index (χ4n) is 1.47. The molecule has 0 saturated carbocycles. The Labute approximate surface area is 82.0 Å². The molecule has 2 heterocycles. The summed E-state index contributed by atoms with van der Waals surface area (Å²) in [6.07, 6.45) is 5.14. The summed E-state index contributed by atoms with van der Waals surface area (Å²) in [5, 5.41) is 5.77. The lowest BCUT2D eigenvalue weighted by atomic mass is 10.2. The molecule has 0 aromatic carbocycles. The highest BCUT2D eigenvalue weighted by atomic mass is 16.2. The van der Waals surface area contributed by atoms with Gasteiger partial charge in [-0.1, -0.05) is 0 Å². The molecule has 2 rings (SSSR count). The minimum Gasteiger partial charge on any atom is -0.306 e. The van der Waals surface area contributed by atoms with E-state index in [1.54, 1.807) is 18.5 Å². The quantitative estimate of drug-likeness (QED) is 0.700. The van der Waals surface area contributed by atoms with Gasteiger partial charge in [-0.3, -0.25) is 10.1 Å². The lowest BCUT2D eigenvalue weighted by molar-refractivity contribution is -0.117. The molecule has 1 aliphatic heterocycles. The van der Waals surface area contributed by atoms with E-state index >= 15 is 0 Å². The highest BCUT2D eigenvalue weighted by molar-refractivity contribution is 5.93. The Kier molecular flexibility index (Phi) is 2.69. The van der Waals surface area contributed by atoms with Crippen molar-refractivity contribution >= 4 is 11.9 Å². The van der Waals surface area contributed by atoms with Crippen molar-refractivity contribution in [3.8, 4) is 0 Å². The van der Waals surface area contributed by atoms with E-state index in [-0.39, 0.29) is 11.9 Å². The average molecular weight is 192 g/mol. The van der Waals surface area contributed by atoms with Crippen LogP contribution in [0.2, 0.25) is 0 Å². The molecule has 1 amide bonds. The van der Waals surface area contributed by atoms with E-state index in [2.05, 4.69) is 20.6 Å². The van der Waals surface area contributed by atoms with Crippen molar-refractivity contribution in [1.29, 1.82) is 0 Å². The Morgan fingerprint density at radius 3 is 2.93 bits per heavy atom. The SMILES string of the molecule is O=C(Nc1ncccn1)[C@@H]1CCCN1. The summed E-state index contributed by atoms with van der Waals surface area (Å²) >= 11 is 0. The van der Waals surface area contributed by atoms with Crippen molar-refractivity contribution in [2.45, 2.75) is 18.9 Å². The number of amides is 1. The third-order valence-electron chi connectivity index (χ3n) is 2.18. The van der Waals surface area contributed by atoms with E-state index in [4.69, 9.17) is 0 Å². The molecule has 1 aromatic rings. The van der Waals surface area contributed by atoms with E-state index in [1.165, 1.54) is 0 Å². The number of aromatic nitrogens is 2. The number of carbonyl (C=O) groups excluding carboxylic acids is 1. The fourth-order valence-corrected chi connectivity index (χ4v) is 1.47. The Bertz CT molecular complexity index is 308. The molecular weight excluding hydrogens is 180 g/mol. The van der Waals surface area contributed by atoms with Gasteiger partial charge in [0.25, 0.3) is 0 Å². The molecule has 5 nitrogen and oxygen atoms in total. The van der Waals surface area contributed by atoms with Gasteiger partial charge in [0.2, 0.25) is 11.9 Å². The monoisotopic (exact) mass is 192 g/mol. The van der Waals surface area contributed by atoms with Crippen molar-refractivity contribution in [3.05, 3.63) is 18.5 Å². The summed E-state index contributed by atoms with van der Waals surface area (Å²) in [6, 6.07) is 1.63. The Morgan fingerprint density at radius 1 is 1.50 bits per heavy atom. The van der Waals surface area contributed by atoms with Crippen LogP contribution in [-0.2, 0) is 4.79 Å². The first-order valence-electron chi connectivity index (χ1n) is 4.67. The molecule has 1 saturated heterocycles. The first-order valence-corrected chi connectivity index (χ1v) is 4.67. The number of nitrogens with zero attached hydrogens (tertiary/aromatic N) is 2. The van der Waals surface area contributed by atoms with Crippen LogP contribution in [0.3, 0.4) is 0 Å². The highest BCUT2D eigenvalue weighted by Gasteiger charge is 2.22. The van der Waals surface area contributed by atoms with Gasteiger partial charge < -0.3 is 5.32 Å². The second-order valence-electron chi connectivity index (χ2n) is 3.21. The molecule has 1 atom stereocenters. The van der Waals surface area contributed by atoms with Crippen LogP contribution in [0.25, 0.3) is 0 Å². The van der Waals surface area contributed by atoms with E-state index in [9.17, 15) is 4.79 Å². The van der Waals surface area contributed by atoms with E-state index in [0.717, 1.165) is 19.4 Å². The molecular formula is C9H12N4O. The van der Waals surface area contributed by atoms with Gasteiger partial charge in [0.1, 0.15) is 0 Å². The zero-order valence-electron chi connectivity index (χ0n) is 7.73. The van der Waals surface area contributed by atoms with Gasteiger partial charge in [0, 0.05) is 12.4 Å². The predicted molar refractivity (Wildman–Crippen MR) is 51.7 cm³/mol. The summed E-state index contributed by atoms with van der Waals surface area (Å²) < 4.78 is 0. The molecule has 14 heavy (non-hydrogen) atoms. The summed E-state index contributed by atoms with van der Waals surface area (Å²) in [4.78, 5) is 19.4. The predicted octanol–water partition coefficient (Wildman–Crippen LogP) is 0.167. The van der Waals surface area contributed by atoms with Crippen LogP contribution in [0, 0.1) is 0 Å². The fraction of sp³-hybridized carbons (Fsp3) is 0.444. The lowest BCUT2D eigenvalue weighted by Crippen LogP contribution is -2.35. The van der Waals surface area contributed by atoms with Gasteiger partial charge in [-0.2, -0.15) is 0 Å². The summed E-state index contributed by atoms with van der Waals surface area (Å²) in [5.41, 5.74) is 0. The standard InChI is InChI=1S/C9H12N4O/c14-8(7-3-1-4-10-7)13-9-11-5-2-6-12-9/h2,5-7,10H,1,3-4H2,(H,11,12,13,14)/t7-/m0/s1. The van der Waals surface area contributed by atoms with Crippen LogP contribution in [-0.4, -0.2) is 28.5 Å². The molecule has 1 fully saturated rings. The average Bonchev–Trinajstić information content (AvgIpc) is 2.72. The van der Waals surface area contributed by atoms with Gasteiger partial charge in [0.15, 0.2) is 0 Å². The molecule has 0 radical (unpaired) electrons. The van der Waals surface area contributed by atoms with Crippen molar-refractivity contribution in [1.82, 2.24) is 15.3 Å². The third kappa shape index (κ3) is 2.05. The number of anilines is 1. The van der Waals surface area contributed by atoms with Crippen LogP contribution >= 0.6 is 0 Å². The minimum absolute atomic E-state index is 0.0475. The maximum absolute atomic E-state index is 11.6. The maximum Gasteiger partial charge on any atom is 0.243 e. The molecule has 0 bridgehead atoms. The molecule has 0 unspecified atom stereocenters. The maximum atomic E-state index is 11.6. The number of hydrogen-bond donors (Lipinski definition) is 2. The minimum atomic E-state index is -0.0844. The zero-order chi connectivity index (χ0) is 9.80. The highest BCUT2D eigenvalue weighted by Crippen LogP contribution is 2.06. The van der Waals surface area contributed by atoms with Crippen molar-refractivity contribution < 1.29 is 4.79 Å². The summed E-state index contributed by atoms with van der Waals surface area (Å²) in [6.45, 7) is 0.910. The molecule has 74 valence electrons. The topological polar surface area (TPSA) is 66.9 Å². The second kappa shape index (κ2) is 4.15. The molecule has 2 N–H and O–H groups in total. The molecule has 0 aliphatic carbocycles. The van der Waals surface area contributed by atoms with Crippen LogP contribution < -0.4 is 10.6 Å². The Balaban J connectivity index is 1.94. The zero-order valence-corrected chi connectivity index (χ0v) is 7.73. The second-order valence-corrected chi connectivity index (χ2v) is 3.21. The smallest absolute Gasteiger partial charge is 0.243 e. The van der Waals surface area contributed by atoms with E-state index in [1.807, 2.05) is 0 Å². The van der Waals surface area contributed by atoms with Crippen LogP contribution in [0.5, 0.6) is 0 Å². The number of nitrogens with one attached hydrogen (secondary N) is 2. The Morgan fingerprint density at radius 2 is 2.29 bits per heavy atom. The molecule has 1 aliphatic rings. The van der Waals surface area contributed by atoms with Gasteiger partial charge in [-0.25, -0.2) is 9.97 Å². The number of hydrogen-bond acceptors (Lipinski definition) is 4. The van der Waals surface area contributed by atoms with Crippen LogP contribution in [0.15, 0.2) is 18.5 Å². The van der Waals surface area contributed by atoms with Crippen LogP contribution in [0.1, 0.15) is 12.8 Å². The number of rotatable bonds is 2. The largest absolute Gasteiger partial charge is 0.306 e.